The van der Waals surface area contributed by atoms with Crippen LogP contribution in [0.1, 0.15) is 23.1 Å². The van der Waals surface area contributed by atoms with E-state index >= 15 is 0 Å². The van der Waals surface area contributed by atoms with Gasteiger partial charge in [0.1, 0.15) is 6.61 Å². The van der Waals surface area contributed by atoms with Crippen LogP contribution in [0.4, 0.5) is 4.39 Å². The number of benzene rings is 2. The SMILES string of the molecule is C=CCn1c(COc2ccccc2F)nnc1SC(C)C(=O)c1ccccc1. The average Bonchev–Trinajstić information content (AvgIpc) is 3.09. The summed E-state index contributed by atoms with van der Waals surface area (Å²) in [7, 11) is 0. The number of ether oxygens (including phenoxy) is 1. The number of aromatic nitrogens is 3. The lowest BCUT2D eigenvalue weighted by molar-refractivity contribution is 0.0994. The molecule has 0 radical (unpaired) electrons. The van der Waals surface area contributed by atoms with Gasteiger partial charge in [-0.05, 0) is 19.1 Å². The van der Waals surface area contributed by atoms with E-state index in [4.69, 9.17) is 4.74 Å². The predicted octanol–water partition coefficient (Wildman–Crippen LogP) is 4.55. The second kappa shape index (κ2) is 9.32. The minimum atomic E-state index is -0.436. The van der Waals surface area contributed by atoms with Crippen LogP contribution < -0.4 is 4.74 Å². The van der Waals surface area contributed by atoms with Crippen LogP contribution in [0.15, 0.2) is 72.4 Å². The first-order chi connectivity index (χ1) is 13.6. The molecule has 7 heteroatoms. The lowest BCUT2D eigenvalue weighted by atomic mass is 10.1. The summed E-state index contributed by atoms with van der Waals surface area (Å²) < 4.78 is 21.1. The molecule has 1 aromatic heterocycles. The molecule has 0 aliphatic carbocycles. The topological polar surface area (TPSA) is 57.0 Å². The van der Waals surface area contributed by atoms with Crippen LogP contribution in [0, 0.1) is 5.82 Å². The van der Waals surface area contributed by atoms with Gasteiger partial charge in [0, 0.05) is 12.1 Å². The van der Waals surface area contributed by atoms with Crippen molar-refractivity contribution in [3.8, 4) is 5.75 Å². The number of carbonyl (C=O) groups is 1. The highest BCUT2D eigenvalue weighted by atomic mass is 32.2. The first-order valence-electron chi connectivity index (χ1n) is 8.76. The minimum absolute atomic E-state index is 0.0166. The summed E-state index contributed by atoms with van der Waals surface area (Å²) in [6, 6.07) is 15.3. The van der Waals surface area contributed by atoms with Crippen LogP contribution in [0.3, 0.4) is 0 Å². The van der Waals surface area contributed by atoms with E-state index in [0.717, 1.165) is 0 Å². The van der Waals surface area contributed by atoms with Gasteiger partial charge >= 0.3 is 0 Å². The molecule has 3 aromatic rings. The van der Waals surface area contributed by atoms with Crippen LogP contribution in [0.2, 0.25) is 0 Å². The van der Waals surface area contributed by atoms with Crippen molar-refractivity contribution in [2.75, 3.05) is 0 Å². The third-order valence-corrected chi connectivity index (χ3v) is 5.09. The molecule has 1 unspecified atom stereocenters. The number of nitrogens with zero attached hydrogens (tertiary/aromatic N) is 3. The smallest absolute Gasteiger partial charge is 0.192 e. The molecule has 0 N–H and O–H groups in total. The van der Waals surface area contributed by atoms with Gasteiger partial charge in [-0.2, -0.15) is 0 Å². The Kier molecular flexibility index (Phi) is 6.60. The van der Waals surface area contributed by atoms with Gasteiger partial charge in [0.2, 0.25) is 0 Å². The van der Waals surface area contributed by atoms with Gasteiger partial charge in [-0.25, -0.2) is 4.39 Å². The molecule has 1 atom stereocenters. The molecule has 0 amide bonds. The summed E-state index contributed by atoms with van der Waals surface area (Å²) in [6.07, 6.45) is 1.71. The molecule has 0 fully saturated rings. The van der Waals surface area contributed by atoms with Crippen molar-refractivity contribution in [2.24, 2.45) is 0 Å². The molecule has 0 saturated heterocycles. The highest BCUT2D eigenvalue weighted by molar-refractivity contribution is 8.00. The Labute approximate surface area is 167 Å². The summed E-state index contributed by atoms with van der Waals surface area (Å²) in [5, 5.41) is 8.59. The van der Waals surface area contributed by atoms with Crippen molar-refractivity contribution in [1.82, 2.24) is 14.8 Å². The molecule has 2 aromatic carbocycles. The number of halogens is 1. The molecular weight excluding hydrogens is 377 g/mol. The zero-order valence-corrected chi connectivity index (χ0v) is 16.2. The van der Waals surface area contributed by atoms with E-state index in [9.17, 15) is 9.18 Å². The Morgan fingerprint density at radius 3 is 2.64 bits per heavy atom. The molecule has 0 aliphatic heterocycles. The number of rotatable bonds is 9. The van der Waals surface area contributed by atoms with Crippen LogP contribution in [0.5, 0.6) is 5.75 Å². The largest absolute Gasteiger partial charge is 0.483 e. The lowest BCUT2D eigenvalue weighted by Gasteiger charge is -2.12. The number of ketones is 1. The number of carbonyl (C=O) groups excluding carboxylic acids is 1. The molecule has 144 valence electrons. The predicted molar refractivity (Wildman–Crippen MR) is 107 cm³/mol. The molecule has 28 heavy (non-hydrogen) atoms. The quantitative estimate of drug-likeness (QED) is 0.301. The maximum Gasteiger partial charge on any atom is 0.192 e. The molecule has 5 nitrogen and oxygen atoms in total. The standard InChI is InChI=1S/C21H20FN3O2S/c1-3-13-25-19(14-27-18-12-8-7-11-17(18)22)23-24-21(25)28-15(2)20(26)16-9-5-4-6-10-16/h3-12,15H,1,13-14H2,2H3. The van der Waals surface area contributed by atoms with Crippen LogP contribution in [-0.2, 0) is 13.2 Å². The fraction of sp³-hybridized carbons (Fsp3) is 0.190. The molecule has 0 saturated carbocycles. The average molecular weight is 397 g/mol. The van der Waals surface area contributed by atoms with Crippen molar-refractivity contribution < 1.29 is 13.9 Å². The number of allylic oxidation sites excluding steroid dienone is 1. The van der Waals surface area contributed by atoms with Gasteiger partial charge in [-0.15, -0.1) is 16.8 Å². The first kappa shape index (κ1) is 19.8. The molecule has 0 spiro atoms. The van der Waals surface area contributed by atoms with Crippen molar-refractivity contribution in [2.45, 2.75) is 30.5 Å². The maximum atomic E-state index is 13.7. The molecular formula is C21H20FN3O2S. The Bertz CT molecular complexity index is 959. The lowest BCUT2D eigenvalue weighted by Crippen LogP contribution is -2.15. The summed E-state index contributed by atoms with van der Waals surface area (Å²) in [4.78, 5) is 12.6. The fourth-order valence-corrected chi connectivity index (χ4v) is 3.53. The highest BCUT2D eigenvalue weighted by Crippen LogP contribution is 2.26. The second-order valence-electron chi connectivity index (χ2n) is 6.01. The van der Waals surface area contributed by atoms with Gasteiger partial charge in [0.15, 0.2) is 28.3 Å². The van der Waals surface area contributed by atoms with E-state index < -0.39 is 5.82 Å². The summed E-state index contributed by atoms with van der Waals surface area (Å²) in [5.74, 6) is 0.263. The second-order valence-corrected chi connectivity index (χ2v) is 7.32. The molecule has 0 bridgehead atoms. The van der Waals surface area contributed by atoms with Crippen molar-refractivity contribution in [3.05, 3.63) is 84.5 Å². The molecule has 0 aliphatic rings. The van der Waals surface area contributed by atoms with E-state index in [2.05, 4.69) is 16.8 Å². The molecule has 1 heterocycles. The van der Waals surface area contributed by atoms with Crippen molar-refractivity contribution in [1.29, 1.82) is 0 Å². The zero-order chi connectivity index (χ0) is 19.9. The van der Waals surface area contributed by atoms with Crippen LogP contribution in [0.25, 0.3) is 0 Å². The number of hydrogen-bond acceptors (Lipinski definition) is 5. The van der Waals surface area contributed by atoms with E-state index in [1.807, 2.05) is 29.7 Å². The Hall–Kier alpha value is -2.93. The minimum Gasteiger partial charge on any atom is -0.483 e. The van der Waals surface area contributed by atoms with Gasteiger partial charge in [0.05, 0.1) is 5.25 Å². The van der Waals surface area contributed by atoms with E-state index in [-0.39, 0.29) is 23.4 Å². The van der Waals surface area contributed by atoms with Gasteiger partial charge in [-0.1, -0.05) is 60.3 Å². The maximum absolute atomic E-state index is 13.7. The van der Waals surface area contributed by atoms with Crippen molar-refractivity contribution in [3.63, 3.8) is 0 Å². The number of thioether (sulfide) groups is 1. The Morgan fingerprint density at radius 2 is 1.93 bits per heavy atom. The Morgan fingerprint density at radius 1 is 1.21 bits per heavy atom. The first-order valence-corrected chi connectivity index (χ1v) is 9.64. The summed E-state index contributed by atoms with van der Waals surface area (Å²) in [5.41, 5.74) is 0.653. The monoisotopic (exact) mass is 397 g/mol. The zero-order valence-electron chi connectivity index (χ0n) is 15.4. The van der Waals surface area contributed by atoms with Gasteiger partial charge < -0.3 is 4.74 Å². The normalized spacial score (nSPS) is 11.8. The van der Waals surface area contributed by atoms with E-state index in [0.29, 0.717) is 23.1 Å². The van der Waals surface area contributed by atoms with Crippen LogP contribution >= 0.6 is 11.8 Å². The molecule has 3 rings (SSSR count). The number of hydrogen-bond donors (Lipinski definition) is 0. The summed E-state index contributed by atoms with van der Waals surface area (Å²) >= 11 is 1.32. The van der Waals surface area contributed by atoms with E-state index in [1.165, 1.54) is 17.8 Å². The van der Waals surface area contributed by atoms with E-state index in [1.54, 1.807) is 36.4 Å². The third-order valence-electron chi connectivity index (χ3n) is 4.01. The Balaban J connectivity index is 1.74. The van der Waals surface area contributed by atoms with Gasteiger partial charge in [-0.3, -0.25) is 9.36 Å². The fourth-order valence-electron chi connectivity index (χ4n) is 2.58. The highest BCUT2D eigenvalue weighted by Gasteiger charge is 2.21. The van der Waals surface area contributed by atoms with Gasteiger partial charge in [0.25, 0.3) is 0 Å². The van der Waals surface area contributed by atoms with Crippen LogP contribution in [-0.4, -0.2) is 25.8 Å². The third kappa shape index (κ3) is 4.67. The summed E-state index contributed by atoms with van der Waals surface area (Å²) in [6.45, 7) is 6.11. The number of Topliss-reactive ketones (excluding diaryl/α,β-unsaturated/α-hetero) is 1. The van der Waals surface area contributed by atoms with Crippen molar-refractivity contribution >= 4 is 17.5 Å². The number of para-hydroxylation sites is 1.